The van der Waals surface area contributed by atoms with E-state index in [0.717, 1.165) is 16.8 Å². The first-order valence-electron chi connectivity index (χ1n) is 9.12. The van der Waals surface area contributed by atoms with Gasteiger partial charge in [0.15, 0.2) is 0 Å². The molecule has 0 spiro atoms. The molecule has 0 aliphatic carbocycles. The summed E-state index contributed by atoms with van der Waals surface area (Å²) < 4.78 is 0. The third kappa shape index (κ3) is 4.13. The number of carbonyl (C=O) groups is 1. The zero-order chi connectivity index (χ0) is 20.2. The Kier molecular flexibility index (Phi) is 5.28. The highest BCUT2D eigenvalue weighted by atomic mass is 35.5. The Morgan fingerprint density at radius 2 is 1.83 bits per heavy atom. The highest BCUT2D eigenvalue weighted by Gasteiger charge is 2.32. The summed E-state index contributed by atoms with van der Waals surface area (Å²) >= 11 is 6.03. The predicted octanol–water partition coefficient (Wildman–Crippen LogP) is 5.25. The molecule has 1 N–H and O–H groups in total. The Morgan fingerprint density at radius 1 is 1.07 bits per heavy atom. The van der Waals surface area contributed by atoms with Crippen LogP contribution in [0.25, 0.3) is 0 Å². The van der Waals surface area contributed by atoms with Crippen molar-refractivity contribution in [1.82, 2.24) is 5.01 Å². The van der Waals surface area contributed by atoms with Gasteiger partial charge in [0, 0.05) is 16.6 Å². The van der Waals surface area contributed by atoms with Crippen molar-refractivity contribution in [3.63, 3.8) is 0 Å². The van der Waals surface area contributed by atoms with Crippen molar-refractivity contribution in [1.29, 1.82) is 5.26 Å². The monoisotopic (exact) mass is 400 g/mol. The molecule has 1 atom stereocenters. The number of anilines is 1. The van der Waals surface area contributed by atoms with Gasteiger partial charge in [-0.15, -0.1) is 0 Å². The molecule has 142 valence electrons. The molecule has 4 rings (SSSR count). The van der Waals surface area contributed by atoms with Crippen molar-refractivity contribution < 1.29 is 4.79 Å². The first-order valence-corrected chi connectivity index (χ1v) is 9.50. The number of nitrogens with zero attached hydrogens (tertiary/aromatic N) is 3. The van der Waals surface area contributed by atoms with Gasteiger partial charge >= 0.3 is 6.03 Å². The summed E-state index contributed by atoms with van der Waals surface area (Å²) in [6, 6.07) is 26.0. The molecule has 0 radical (unpaired) electrons. The van der Waals surface area contributed by atoms with E-state index in [0.29, 0.717) is 22.8 Å². The Bertz CT molecular complexity index is 1100. The third-order valence-corrected chi connectivity index (χ3v) is 4.99. The standard InChI is InChI=1S/C23H17ClN4O/c24-19-11-9-18(10-12-19)22-21(17-6-2-1-3-7-17)15-28(27-22)23(29)26-20-8-4-5-16(13-20)14-25/h1-13,21H,15H2,(H,26,29). The quantitative estimate of drug-likeness (QED) is 0.652. The van der Waals surface area contributed by atoms with E-state index < -0.39 is 0 Å². The van der Waals surface area contributed by atoms with E-state index in [1.54, 1.807) is 24.3 Å². The SMILES string of the molecule is N#Cc1cccc(NC(=O)N2CC(c3ccccc3)C(c3ccc(Cl)cc3)=N2)c1. The molecule has 2 amide bonds. The molecule has 1 aliphatic heterocycles. The number of benzene rings is 3. The molecule has 3 aromatic carbocycles. The second kappa shape index (κ2) is 8.17. The van der Waals surface area contributed by atoms with Crippen molar-refractivity contribution >= 4 is 29.0 Å². The number of nitrogens with one attached hydrogen (secondary N) is 1. The van der Waals surface area contributed by atoms with Gasteiger partial charge in [-0.3, -0.25) is 0 Å². The zero-order valence-corrected chi connectivity index (χ0v) is 16.2. The maximum absolute atomic E-state index is 12.8. The minimum Gasteiger partial charge on any atom is -0.306 e. The lowest BCUT2D eigenvalue weighted by Gasteiger charge is -2.16. The maximum Gasteiger partial charge on any atom is 0.342 e. The van der Waals surface area contributed by atoms with Crippen molar-refractivity contribution in [3.05, 3.63) is 101 Å². The van der Waals surface area contributed by atoms with E-state index in [4.69, 9.17) is 16.9 Å². The fourth-order valence-electron chi connectivity index (χ4n) is 3.31. The Hall–Kier alpha value is -3.62. The predicted molar refractivity (Wildman–Crippen MR) is 114 cm³/mol. The van der Waals surface area contributed by atoms with Gasteiger partial charge < -0.3 is 5.32 Å². The minimum absolute atomic E-state index is 0.0476. The normalized spacial score (nSPS) is 15.5. The Morgan fingerprint density at radius 3 is 2.55 bits per heavy atom. The van der Waals surface area contributed by atoms with Crippen LogP contribution < -0.4 is 5.32 Å². The van der Waals surface area contributed by atoms with Gasteiger partial charge in [0.25, 0.3) is 0 Å². The molecular weight excluding hydrogens is 384 g/mol. The van der Waals surface area contributed by atoms with Crippen LogP contribution in [0.4, 0.5) is 10.5 Å². The average molecular weight is 401 g/mol. The molecular formula is C23H17ClN4O. The number of rotatable bonds is 3. The molecule has 1 heterocycles. The molecule has 0 fully saturated rings. The average Bonchev–Trinajstić information content (AvgIpc) is 3.21. The minimum atomic E-state index is -0.343. The number of amides is 2. The van der Waals surface area contributed by atoms with E-state index in [2.05, 4.69) is 16.5 Å². The molecule has 0 saturated carbocycles. The lowest BCUT2D eigenvalue weighted by atomic mass is 9.91. The molecule has 1 unspecified atom stereocenters. The van der Waals surface area contributed by atoms with Crippen molar-refractivity contribution in [2.75, 3.05) is 11.9 Å². The van der Waals surface area contributed by atoms with Gasteiger partial charge in [0.05, 0.1) is 23.9 Å². The molecule has 5 nitrogen and oxygen atoms in total. The lowest BCUT2D eigenvalue weighted by molar-refractivity contribution is 0.218. The molecule has 0 aromatic heterocycles. The van der Waals surface area contributed by atoms with Gasteiger partial charge in [-0.2, -0.15) is 10.4 Å². The van der Waals surface area contributed by atoms with Crippen LogP contribution in [0.1, 0.15) is 22.6 Å². The Labute approximate surface area is 173 Å². The molecule has 1 aliphatic rings. The second-order valence-electron chi connectivity index (χ2n) is 6.66. The highest BCUT2D eigenvalue weighted by Crippen LogP contribution is 2.29. The maximum atomic E-state index is 12.8. The van der Waals surface area contributed by atoms with Crippen molar-refractivity contribution in [3.8, 4) is 6.07 Å². The molecule has 29 heavy (non-hydrogen) atoms. The van der Waals surface area contributed by atoms with E-state index in [1.807, 2.05) is 54.6 Å². The third-order valence-electron chi connectivity index (χ3n) is 4.73. The summed E-state index contributed by atoms with van der Waals surface area (Å²) in [6.45, 7) is 0.422. The van der Waals surface area contributed by atoms with Crippen LogP contribution in [0.3, 0.4) is 0 Å². The zero-order valence-electron chi connectivity index (χ0n) is 15.4. The van der Waals surface area contributed by atoms with Crippen LogP contribution in [0, 0.1) is 11.3 Å². The number of urea groups is 1. The van der Waals surface area contributed by atoms with E-state index in [9.17, 15) is 4.79 Å². The first kappa shape index (κ1) is 18.7. The number of hydrogen-bond donors (Lipinski definition) is 1. The number of hydrazone groups is 1. The van der Waals surface area contributed by atoms with Gasteiger partial charge in [0.1, 0.15) is 0 Å². The summed E-state index contributed by atoms with van der Waals surface area (Å²) in [5, 5.41) is 18.6. The summed E-state index contributed by atoms with van der Waals surface area (Å²) in [6.07, 6.45) is 0. The number of carbonyl (C=O) groups excluding carboxylic acids is 1. The van der Waals surface area contributed by atoms with Crippen LogP contribution in [0.2, 0.25) is 5.02 Å². The summed E-state index contributed by atoms with van der Waals surface area (Å²) in [4.78, 5) is 12.8. The fraction of sp³-hybridized carbons (Fsp3) is 0.0870. The van der Waals surface area contributed by atoms with E-state index in [-0.39, 0.29) is 11.9 Å². The van der Waals surface area contributed by atoms with E-state index >= 15 is 0 Å². The van der Waals surface area contributed by atoms with E-state index in [1.165, 1.54) is 5.01 Å². The van der Waals surface area contributed by atoms with Gasteiger partial charge in [-0.1, -0.05) is 60.1 Å². The van der Waals surface area contributed by atoms with Crippen molar-refractivity contribution in [2.45, 2.75) is 5.92 Å². The molecule has 0 bridgehead atoms. The number of nitriles is 1. The van der Waals surface area contributed by atoms with Crippen molar-refractivity contribution in [2.24, 2.45) is 5.10 Å². The molecule has 6 heteroatoms. The van der Waals surface area contributed by atoms with Crippen LogP contribution in [0.15, 0.2) is 84.0 Å². The lowest BCUT2D eigenvalue weighted by Crippen LogP contribution is -2.30. The summed E-state index contributed by atoms with van der Waals surface area (Å²) in [5.74, 6) is -0.0476. The second-order valence-corrected chi connectivity index (χ2v) is 7.10. The van der Waals surface area contributed by atoms with Crippen LogP contribution in [-0.4, -0.2) is 23.3 Å². The van der Waals surface area contributed by atoms with Crippen LogP contribution in [0.5, 0.6) is 0 Å². The van der Waals surface area contributed by atoms with Gasteiger partial charge in [-0.25, -0.2) is 9.80 Å². The van der Waals surface area contributed by atoms with Gasteiger partial charge in [-0.05, 0) is 41.5 Å². The summed E-state index contributed by atoms with van der Waals surface area (Å²) in [5.41, 5.74) is 3.86. The molecule has 0 saturated heterocycles. The molecule has 3 aromatic rings. The fourth-order valence-corrected chi connectivity index (χ4v) is 3.44. The van der Waals surface area contributed by atoms with Crippen LogP contribution in [-0.2, 0) is 0 Å². The number of halogens is 1. The number of hydrogen-bond acceptors (Lipinski definition) is 3. The first-order chi connectivity index (χ1) is 14.1. The van der Waals surface area contributed by atoms with Crippen LogP contribution >= 0.6 is 11.6 Å². The topological polar surface area (TPSA) is 68.5 Å². The summed E-state index contributed by atoms with van der Waals surface area (Å²) in [7, 11) is 0. The Balaban J connectivity index is 1.63. The largest absolute Gasteiger partial charge is 0.342 e. The highest BCUT2D eigenvalue weighted by molar-refractivity contribution is 6.30. The van der Waals surface area contributed by atoms with Gasteiger partial charge in [0.2, 0.25) is 0 Å². The smallest absolute Gasteiger partial charge is 0.306 e.